The minimum atomic E-state index is -2.78. The molecule has 4 rings (SSSR count). The van der Waals surface area contributed by atoms with Gasteiger partial charge in [-0.2, -0.15) is 8.78 Å². The Kier molecular flexibility index (Phi) is 5.01. The average molecular weight is 415 g/mol. The van der Waals surface area contributed by atoms with Crippen LogP contribution in [-0.4, -0.2) is 25.0 Å². The number of alkyl halides is 2. The summed E-state index contributed by atoms with van der Waals surface area (Å²) in [5, 5.41) is 0.441. The van der Waals surface area contributed by atoms with Crippen LogP contribution in [0.25, 0.3) is 21.9 Å². The lowest BCUT2D eigenvalue weighted by atomic mass is 10.2. The third-order valence-electron chi connectivity index (χ3n) is 4.34. The highest BCUT2D eigenvalue weighted by atomic mass is 32.2. The molecule has 0 bridgehead atoms. The van der Waals surface area contributed by atoms with E-state index >= 15 is 0 Å². The summed E-state index contributed by atoms with van der Waals surface area (Å²) in [7, 11) is 0. The van der Waals surface area contributed by atoms with Gasteiger partial charge in [0, 0.05) is 0 Å². The first-order valence-corrected chi connectivity index (χ1v) is 9.59. The molecule has 0 aliphatic carbocycles. The van der Waals surface area contributed by atoms with E-state index in [0.29, 0.717) is 21.9 Å². The van der Waals surface area contributed by atoms with E-state index in [0.717, 1.165) is 16.3 Å². The summed E-state index contributed by atoms with van der Waals surface area (Å²) >= 11 is 1.01. The van der Waals surface area contributed by atoms with Gasteiger partial charge in [0.15, 0.2) is 5.16 Å². The van der Waals surface area contributed by atoms with E-state index in [1.54, 1.807) is 48.5 Å². The van der Waals surface area contributed by atoms with Gasteiger partial charge in [0.05, 0.1) is 27.7 Å². The van der Waals surface area contributed by atoms with Crippen LogP contribution in [0.4, 0.5) is 8.78 Å². The van der Waals surface area contributed by atoms with Gasteiger partial charge in [0.25, 0.3) is 5.56 Å². The van der Waals surface area contributed by atoms with Crippen molar-refractivity contribution in [3.05, 3.63) is 64.7 Å². The van der Waals surface area contributed by atoms with Crippen LogP contribution in [0.15, 0.2) is 58.5 Å². The van der Waals surface area contributed by atoms with E-state index in [1.165, 1.54) is 4.57 Å². The second kappa shape index (κ2) is 7.63. The minimum absolute atomic E-state index is 0.0589. The van der Waals surface area contributed by atoms with Crippen LogP contribution in [0.5, 0.6) is 0 Å². The molecule has 2 aromatic heterocycles. The number of fused-ring (bicyclic) bond motifs is 2. The van der Waals surface area contributed by atoms with E-state index in [1.807, 2.05) is 0 Å². The molecule has 0 saturated carbocycles. The van der Waals surface area contributed by atoms with Crippen molar-refractivity contribution in [2.75, 3.05) is 0 Å². The standard InChI is InChI=1S/C19H15F2N5O2S/c20-18(21)26-14-8-4-3-7-13(14)24-19(26)29-10-16-23-12-6-2-1-5-11(12)17(28)25(16)9-15(22)27/h1-8,18H,9-10H2,(H2,22,27). The highest BCUT2D eigenvalue weighted by Gasteiger charge is 2.19. The van der Waals surface area contributed by atoms with E-state index in [4.69, 9.17) is 5.73 Å². The molecule has 0 atom stereocenters. The minimum Gasteiger partial charge on any atom is -0.368 e. The first kappa shape index (κ1) is 19.1. The molecule has 2 N–H and O–H groups in total. The molecular formula is C19H15F2N5O2S. The van der Waals surface area contributed by atoms with Gasteiger partial charge in [-0.15, -0.1) is 0 Å². The Hall–Kier alpha value is -3.27. The summed E-state index contributed by atoms with van der Waals surface area (Å²) < 4.78 is 29.2. The molecule has 0 spiro atoms. The normalized spacial score (nSPS) is 11.6. The Balaban J connectivity index is 1.77. The molecule has 0 fully saturated rings. The number of primary amides is 1. The number of thioether (sulfide) groups is 1. The van der Waals surface area contributed by atoms with Gasteiger partial charge in [0.1, 0.15) is 12.4 Å². The fourth-order valence-electron chi connectivity index (χ4n) is 3.08. The number of carbonyl (C=O) groups excluding carboxylic acids is 1. The molecule has 0 radical (unpaired) electrons. The quantitative estimate of drug-likeness (QED) is 0.489. The molecule has 2 aromatic carbocycles. The van der Waals surface area contributed by atoms with Crippen molar-refractivity contribution in [2.24, 2.45) is 5.73 Å². The fourth-order valence-corrected chi connectivity index (χ4v) is 4.04. The number of benzene rings is 2. The van der Waals surface area contributed by atoms with Gasteiger partial charge in [-0.25, -0.2) is 9.97 Å². The molecule has 148 valence electrons. The Morgan fingerprint density at radius 3 is 2.48 bits per heavy atom. The van der Waals surface area contributed by atoms with Crippen molar-refractivity contribution in [1.82, 2.24) is 19.1 Å². The maximum atomic E-state index is 13.6. The molecule has 4 aromatic rings. The van der Waals surface area contributed by atoms with Gasteiger partial charge >= 0.3 is 6.55 Å². The fraction of sp³-hybridized carbons (Fsp3) is 0.158. The zero-order chi connectivity index (χ0) is 20.5. The summed E-state index contributed by atoms with van der Waals surface area (Å²) in [6.45, 7) is -3.13. The van der Waals surface area contributed by atoms with E-state index in [-0.39, 0.29) is 23.3 Å². The van der Waals surface area contributed by atoms with Crippen LogP contribution in [0, 0.1) is 0 Å². The van der Waals surface area contributed by atoms with E-state index in [9.17, 15) is 18.4 Å². The number of amides is 1. The van der Waals surface area contributed by atoms with Crippen molar-refractivity contribution in [3.8, 4) is 0 Å². The van der Waals surface area contributed by atoms with Crippen LogP contribution >= 0.6 is 11.8 Å². The van der Waals surface area contributed by atoms with Crippen molar-refractivity contribution < 1.29 is 13.6 Å². The van der Waals surface area contributed by atoms with Crippen LogP contribution in [-0.2, 0) is 17.1 Å². The number of carbonyl (C=O) groups is 1. The van der Waals surface area contributed by atoms with Crippen molar-refractivity contribution >= 4 is 39.6 Å². The summed E-state index contributed by atoms with van der Waals surface area (Å²) in [6.07, 6.45) is 0. The molecule has 0 aliphatic rings. The smallest absolute Gasteiger partial charge is 0.321 e. The first-order chi connectivity index (χ1) is 14.0. The van der Waals surface area contributed by atoms with E-state index in [2.05, 4.69) is 9.97 Å². The molecule has 29 heavy (non-hydrogen) atoms. The Labute approximate surface area is 167 Å². The highest BCUT2D eigenvalue weighted by Crippen LogP contribution is 2.30. The zero-order valence-corrected chi connectivity index (χ0v) is 15.8. The third-order valence-corrected chi connectivity index (χ3v) is 5.29. The number of para-hydroxylation sites is 3. The molecule has 0 saturated heterocycles. The monoisotopic (exact) mass is 415 g/mol. The molecule has 0 unspecified atom stereocenters. The number of halogens is 2. The van der Waals surface area contributed by atoms with Crippen molar-refractivity contribution in [2.45, 2.75) is 24.0 Å². The molecule has 7 nitrogen and oxygen atoms in total. The summed E-state index contributed by atoms with van der Waals surface area (Å²) in [6, 6.07) is 13.3. The molecule has 0 aliphatic heterocycles. The molecule has 1 amide bonds. The second-order valence-corrected chi connectivity index (χ2v) is 7.16. The van der Waals surface area contributed by atoms with Gasteiger partial charge in [-0.1, -0.05) is 36.0 Å². The molecule has 2 heterocycles. The molecular weight excluding hydrogens is 400 g/mol. The maximum absolute atomic E-state index is 13.6. The van der Waals surface area contributed by atoms with Crippen LogP contribution in [0.2, 0.25) is 0 Å². The van der Waals surface area contributed by atoms with E-state index < -0.39 is 18.0 Å². The summed E-state index contributed by atoms with van der Waals surface area (Å²) in [4.78, 5) is 32.9. The van der Waals surface area contributed by atoms with Gasteiger partial charge in [-0.3, -0.25) is 18.7 Å². The number of nitrogens with zero attached hydrogens (tertiary/aromatic N) is 4. The predicted octanol–water partition coefficient (Wildman–Crippen LogP) is 2.92. The Morgan fingerprint density at radius 2 is 1.76 bits per heavy atom. The lowest BCUT2D eigenvalue weighted by Crippen LogP contribution is -2.31. The number of hydrogen-bond donors (Lipinski definition) is 1. The summed E-state index contributed by atoms with van der Waals surface area (Å²) in [5.41, 5.74) is 6.08. The number of nitrogens with two attached hydrogens (primary N) is 1. The number of hydrogen-bond acceptors (Lipinski definition) is 5. The highest BCUT2D eigenvalue weighted by molar-refractivity contribution is 7.98. The Bertz CT molecular complexity index is 1280. The number of aromatic nitrogens is 4. The maximum Gasteiger partial charge on any atom is 0.321 e. The first-order valence-electron chi connectivity index (χ1n) is 8.60. The number of rotatable bonds is 6. The van der Waals surface area contributed by atoms with Crippen LogP contribution in [0.1, 0.15) is 12.4 Å². The largest absolute Gasteiger partial charge is 0.368 e. The average Bonchev–Trinajstić information content (AvgIpc) is 3.07. The lowest BCUT2D eigenvalue weighted by molar-refractivity contribution is -0.118. The van der Waals surface area contributed by atoms with Crippen LogP contribution in [0.3, 0.4) is 0 Å². The topological polar surface area (TPSA) is 95.8 Å². The third kappa shape index (κ3) is 3.58. The van der Waals surface area contributed by atoms with Gasteiger partial charge in [-0.05, 0) is 24.3 Å². The second-order valence-electron chi connectivity index (χ2n) is 6.22. The SMILES string of the molecule is NC(=O)Cn1c(CSc2nc3ccccc3n2C(F)F)nc2ccccc2c1=O. The predicted molar refractivity (Wildman–Crippen MR) is 106 cm³/mol. The molecule has 10 heteroatoms. The number of imidazole rings is 1. The Morgan fingerprint density at radius 1 is 1.07 bits per heavy atom. The van der Waals surface area contributed by atoms with Crippen molar-refractivity contribution in [3.63, 3.8) is 0 Å². The van der Waals surface area contributed by atoms with Crippen LogP contribution < -0.4 is 11.3 Å². The zero-order valence-electron chi connectivity index (χ0n) is 15.0. The van der Waals surface area contributed by atoms with Crippen molar-refractivity contribution in [1.29, 1.82) is 0 Å². The lowest BCUT2D eigenvalue weighted by Gasteiger charge is -2.12. The summed E-state index contributed by atoms with van der Waals surface area (Å²) in [5.74, 6) is -0.385. The van der Waals surface area contributed by atoms with Gasteiger partial charge < -0.3 is 5.73 Å². The van der Waals surface area contributed by atoms with Gasteiger partial charge in [0.2, 0.25) is 5.91 Å².